The van der Waals surface area contributed by atoms with E-state index < -0.39 is 5.97 Å². The number of amides is 1. The smallest absolute Gasteiger partial charge is 0.355 e. The van der Waals surface area contributed by atoms with Gasteiger partial charge in [0.25, 0.3) is 5.91 Å². The Morgan fingerprint density at radius 1 is 1.43 bits per heavy atom. The Morgan fingerprint density at radius 2 is 2.19 bits per heavy atom. The standard InChI is InChI=1S/C14H13FN2O3S/c1-8-6-9(15)2-3-10(8)13(18)16-5-4-12-17-11(7-21-12)14(19)20/h2-3,6-7H,4-5H2,1H3,(H,16,18)(H,19,20). The minimum atomic E-state index is -1.07. The molecule has 110 valence electrons. The van der Waals surface area contributed by atoms with Crippen LogP contribution in [-0.4, -0.2) is 28.5 Å². The Bertz CT molecular complexity index is 685. The van der Waals surface area contributed by atoms with E-state index in [0.29, 0.717) is 29.1 Å². The van der Waals surface area contributed by atoms with E-state index in [1.807, 2.05) is 0 Å². The number of thiazole rings is 1. The Balaban J connectivity index is 1.90. The van der Waals surface area contributed by atoms with E-state index in [1.165, 1.54) is 34.9 Å². The van der Waals surface area contributed by atoms with Crippen molar-refractivity contribution < 1.29 is 19.1 Å². The quantitative estimate of drug-likeness (QED) is 0.888. The summed E-state index contributed by atoms with van der Waals surface area (Å²) in [4.78, 5) is 26.6. The minimum Gasteiger partial charge on any atom is -0.476 e. The molecule has 0 spiro atoms. The molecular weight excluding hydrogens is 295 g/mol. The SMILES string of the molecule is Cc1cc(F)ccc1C(=O)NCCc1nc(C(=O)O)cs1. The minimum absolute atomic E-state index is 0.00991. The lowest BCUT2D eigenvalue weighted by molar-refractivity contribution is 0.0690. The number of carboxylic acid groups (broad SMARTS) is 1. The zero-order valence-corrected chi connectivity index (χ0v) is 12.0. The lowest BCUT2D eigenvalue weighted by Gasteiger charge is -2.06. The molecule has 7 heteroatoms. The number of carbonyl (C=O) groups is 2. The molecule has 1 aromatic carbocycles. The van der Waals surface area contributed by atoms with Gasteiger partial charge in [-0.2, -0.15) is 0 Å². The van der Waals surface area contributed by atoms with Gasteiger partial charge in [0.2, 0.25) is 0 Å². The number of nitrogens with one attached hydrogen (secondary N) is 1. The molecule has 0 aliphatic carbocycles. The highest BCUT2D eigenvalue weighted by atomic mass is 32.1. The monoisotopic (exact) mass is 308 g/mol. The van der Waals surface area contributed by atoms with Crippen LogP contribution in [0.25, 0.3) is 0 Å². The molecule has 0 aliphatic rings. The highest BCUT2D eigenvalue weighted by molar-refractivity contribution is 7.09. The molecule has 5 nitrogen and oxygen atoms in total. The first-order chi connectivity index (χ1) is 9.97. The summed E-state index contributed by atoms with van der Waals surface area (Å²) >= 11 is 1.24. The van der Waals surface area contributed by atoms with Crippen molar-refractivity contribution >= 4 is 23.2 Å². The second-order valence-corrected chi connectivity index (χ2v) is 5.34. The van der Waals surface area contributed by atoms with Gasteiger partial charge in [0.05, 0.1) is 5.01 Å². The molecule has 0 saturated carbocycles. The van der Waals surface area contributed by atoms with Crippen LogP contribution in [0.2, 0.25) is 0 Å². The number of hydrogen-bond acceptors (Lipinski definition) is 4. The van der Waals surface area contributed by atoms with Crippen molar-refractivity contribution in [3.8, 4) is 0 Å². The van der Waals surface area contributed by atoms with Crippen molar-refractivity contribution in [2.24, 2.45) is 0 Å². The number of carbonyl (C=O) groups excluding carboxylic acids is 1. The molecule has 0 radical (unpaired) electrons. The molecule has 0 unspecified atom stereocenters. The molecule has 2 N–H and O–H groups in total. The van der Waals surface area contributed by atoms with E-state index in [9.17, 15) is 14.0 Å². The molecule has 2 rings (SSSR count). The van der Waals surface area contributed by atoms with Crippen LogP contribution in [0.1, 0.15) is 31.4 Å². The average Bonchev–Trinajstić information content (AvgIpc) is 2.87. The van der Waals surface area contributed by atoms with E-state index in [2.05, 4.69) is 10.3 Å². The maximum Gasteiger partial charge on any atom is 0.355 e. The molecule has 0 aliphatic heterocycles. The molecule has 21 heavy (non-hydrogen) atoms. The lowest BCUT2D eigenvalue weighted by atomic mass is 10.1. The van der Waals surface area contributed by atoms with Crippen molar-refractivity contribution in [3.63, 3.8) is 0 Å². The van der Waals surface area contributed by atoms with Gasteiger partial charge < -0.3 is 10.4 Å². The van der Waals surface area contributed by atoms with Crippen LogP contribution in [0.15, 0.2) is 23.6 Å². The predicted octanol–water partition coefficient (Wildman–Crippen LogP) is 2.26. The van der Waals surface area contributed by atoms with Crippen LogP contribution in [0, 0.1) is 12.7 Å². The van der Waals surface area contributed by atoms with Gasteiger partial charge in [0.15, 0.2) is 5.69 Å². The van der Waals surface area contributed by atoms with Crippen LogP contribution >= 0.6 is 11.3 Å². The summed E-state index contributed by atoms with van der Waals surface area (Å²) in [5, 5.41) is 13.6. The lowest BCUT2D eigenvalue weighted by Crippen LogP contribution is -2.26. The number of aromatic nitrogens is 1. The van der Waals surface area contributed by atoms with Crippen LogP contribution in [0.4, 0.5) is 4.39 Å². The molecule has 0 fully saturated rings. The third-order valence-corrected chi connectivity index (χ3v) is 3.74. The second kappa shape index (κ2) is 6.45. The summed E-state index contributed by atoms with van der Waals surface area (Å²) < 4.78 is 13.0. The number of nitrogens with zero attached hydrogens (tertiary/aromatic N) is 1. The van der Waals surface area contributed by atoms with E-state index in [0.717, 1.165) is 0 Å². The fraction of sp³-hybridized carbons (Fsp3) is 0.214. The first kappa shape index (κ1) is 15.1. The molecular formula is C14H13FN2O3S. The van der Waals surface area contributed by atoms with Crippen LogP contribution in [0.3, 0.4) is 0 Å². The topological polar surface area (TPSA) is 79.3 Å². The van der Waals surface area contributed by atoms with Crippen molar-refractivity contribution in [2.45, 2.75) is 13.3 Å². The molecule has 1 aromatic heterocycles. The maximum atomic E-state index is 13.0. The summed E-state index contributed by atoms with van der Waals surface area (Å²) in [7, 11) is 0. The number of aryl methyl sites for hydroxylation is 1. The van der Waals surface area contributed by atoms with Crippen molar-refractivity contribution in [1.29, 1.82) is 0 Å². The van der Waals surface area contributed by atoms with Crippen LogP contribution < -0.4 is 5.32 Å². The molecule has 1 amide bonds. The van der Waals surface area contributed by atoms with Crippen molar-refractivity contribution in [1.82, 2.24) is 10.3 Å². The summed E-state index contributed by atoms with van der Waals surface area (Å²) in [5.41, 5.74) is 0.993. The number of rotatable bonds is 5. The van der Waals surface area contributed by atoms with Gasteiger partial charge in [0, 0.05) is 23.9 Å². The van der Waals surface area contributed by atoms with Gasteiger partial charge >= 0.3 is 5.97 Å². The molecule has 2 aromatic rings. The fourth-order valence-electron chi connectivity index (χ4n) is 1.78. The molecule has 0 bridgehead atoms. The zero-order chi connectivity index (χ0) is 15.4. The largest absolute Gasteiger partial charge is 0.476 e. The summed E-state index contributed by atoms with van der Waals surface area (Å²) in [6, 6.07) is 3.97. The Hall–Kier alpha value is -2.28. The molecule has 0 atom stereocenters. The highest BCUT2D eigenvalue weighted by Crippen LogP contribution is 2.11. The van der Waals surface area contributed by atoms with Gasteiger partial charge in [0.1, 0.15) is 5.82 Å². The summed E-state index contributed by atoms with van der Waals surface area (Å²) in [6.45, 7) is 2.00. The van der Waals surface area contributed by atoms with Crippen molar-refractivity contribution in [2.75, 3.05) is 6.54 Å². The van der Waals surface area contributed by atoms with Crippen molar-refractivity contribution in [3.05, 3.63) is 51.2 Å². The summed E-state index contributed by atoms with van der Waals surface area (Å²) in [5.74, 6) is -1.74. The number of carboxylic acids is 1. The Kier molecular flexibility index (Phi) is 4.64. The highest BCUT2D eigenvalue weighted by Gasteiger charge is 2.11. The third kappa shape index (κ3) is 3.85. The first-order valence-electron chi connectivity index (χ1n) is 6.19. The van der Waals surface area contributed by atoms with Gasteiger partial charge in [-0.25, -0.2) is 14.2 Å². The number of halogens is 1. The summed E-state index contributed by atoms with van der Waals surface area (Å²) in [6.07, 6.45) is 0.448. The maximum absolute atomic E-state index is 13.0. The van der Waals surface area contributed by atoms with E-state index >= 15 is 0 Å². The fourth-order valence-corrected chi connectivity index (χ4v) is 2.56. The second-order valence-electron chi connectivity index (χ2n) is 4.40. The first-order valence-corrected chi connectivity index (χ1v) is 7.07. The number of hydrogen-bond donors (Lipinski definition) is 2. The Morgan fingerprint density at radius 3 is 2.81 bits per heavy atom. The zero-order valence-electron chi connectivity index (χ0n) is 11.2. The van der Waals surface area contributed by atoms with E-state index in [4.69, 9.17) is 5.11 Å². The van der Waals surface area contributed by atoms with Crippen LogP contribution in [0.5, 0.6) is 0 Å². The van der Waals surface area contributed by atoms with Gasteiger partial charge in [-0.05, 0) is 30.7 Å². The van der Waals surface area contributed by atoms with Gasteiger partial charge in [-0.1, -0.05) is 0 Å². The van der Waals surface area contributed by atoms with E-state index in [-0.39, 0.29) is 17.4 Å². The average molecular weight is 308 g/mol. The van der Waals surface area contributed by atoms with Gasteiger partial charge in [-0.15, -0.1) is 11.3 Å². The van der Waals surface area contributed by atoms with E-state index in [1.54, 1.807) is 6.92 Å². The number of aromatic carboxylic acids is 1. The molecule has 1 heterocycles. The molecule has 0 saturated heterocycles. The normalized spacial score (nSPS) is 10.4. The van der Waals surface area contributed by atoms with Crippen LogP contribution in [-0.2, 0) is 6.42 Å². The predicted molar refractivity (Wildman–Crippen MR) is 76.2 cm³/mol. The Labute approximate surface area is 124 Å². The third-order valence-electron chi connectivity index (χ3n) is 2.83. The number of benzene rings is 1. The van der Waals surface area contributed by atoms with Gasteiger partial charge in [-0.3, -0.25) is 4.79 Å².